The summed E-state index contributed by atoms with van der Waals surface area (Å²) in [6.07, 6.45) is 0. The number of hydrogen-bond donors (Lipinski definition) is 1. The molecule has 29 heavy (non-hydrogen) atoms. The lowest BCUT2D eigenvalue weighted by molar-refractivity contribution is 0.0600. The number of aromatic amines is 1. The molecule has 1 N–H and O–H groups in total. The van der Waals surface area contributed by atoms with E-state index in [0.29, 0.717) is 23.4 Å². The van der Waals surface area contributed by atoms with E-state index in [0.717, 1.165) is 16.7 Å². The quantitative estimate of drug-likeness (QED) is 0.657. The van der Waals surface area contributed by atoms with Gasteiger partial charge in [-0.2, -0.15) is 0 Å². The zero-order chi connectivity index (χ0) is 21.0. The van der Waals surface area contributed by atoms with Crippen molar-refractivity contribution in [3.63, 3.8) is 0 Å². The summed E-state index contributed by atoms with van der Waals surface area (Å²) in [7, 11) is 0. The first kappa shape index (κ1) is 20.6. The highest BCUT2D eigenvalue weighted by Crippen LogP contribution is 2.26. The number of aromatic nitrogens is 2. The molecular formula is C24H26N2O3. The summed E-state index contributed by atoms with van der Waals surface area (Å²) in [6.45, 7) is 10.4. The van der Waals surface area contributed by atoms with Gasteiger partial charge < -0.3 is 4.74 Å². The molecule has 1 heterocycles. The van der Waals surface area contributed by atoms with Crippen molar-refractivity contribution < 1.29 is 4.74 Å². The summed E-state index contributed by atoms with van der Waals surface area (Å²) in [4.78, 5) is 27.7. The monoisotopic (exact) mass is 390 g/mol. The van der Waals surface area contributed by atoms with Crippen LogP contribution in [0, 0.1) is 6.92 Å². The van der Waals surface area contributed by atoms with Gasteiger partial charge in [0.25, 0.3) is 5.56 Å². The van der Waals surface area contributed by atoms with Crippen molar-refractivity contribution in [2.45, 2.75) is 40.0 Å². The molecule has 0 aliphatic carbocycles. The first-order chi connectivity index (χ1) is 13.9. The van der Waals surface area contributed by atoms with E-state index in [1.807, 2.05) is 75.4 Å². The van der Waals surface area contributed by atoms with Gasteiger partial charge in [0, 0.05) is 5.56 Å². The Hall–Kier alpha value is -3.18. The molecule has 0 spiro atoms. The van der Waals surface area contributed by atoms with Crippen molar-refractivity contribution in [3.8, 4) is 0 Å². The van der Waals surface area contributed by atoms with Crippen LogP contribution in [0.4, 0.5) is 0 Å². The normalized spacial score (nSPS) is 11.0. The molecule has 0 amide bonds. The van der Waals surface area contributed by atoms with E-state index in [1.165, 1.54) is 4.57 Å². The number of nitrogens with zero attached hydrogens (tertiary/aromatic N) is 1. The minimum Gasteiger partial charge on any atom is -0.356 e. The molecule has 5 nitrogen and oxygen atoms in total. The Morgan fingerprint density at radius 2 is 1.72 bits per heavy atom. The van der Waals surface area contributed by atoms with Crippen LogP contribution in [0.15, 0.2) is 70.8 Å². The number of H-pyrrole nitrogens is 1. The smallest absolute Gasteiger partial charge is 0.330 e. The standard InChI is InChI=1S/C24H26N2O3/c1-16(2)21-22(18(4)20-12-10-17(3)11-13-20)26(24(28)25-23(21)27)15-29-14-19-8-6-5-7-9-19/h5-13,16H,4,14-15H2,1-3H3,(H,25,27,28). The van der Waals surface area contributed by atoms with Crippen molar-refractivity contribution >= 4 is 5.57 Å². The third kappa shape index (κ3) is 4.63. The predicted molar refractivity (Wildman–Crippen MR) is 116 cm³/mol. The van der Waals surface area contributed by atoms with Gasteiger partial charge in [0.2, 0.25) is 0 Å². The molecule has 5 heteroatoms. The van der Waals surface area contributed by atoms with Crippen molar-refractivity contribution in [2.24, 2.45) is 0 Å². The lowest BCUT2D eigenvalue weighted by Crippen LogP contribution is -2.36. The van der Waals surface area contributed by atoms with Gasteiger partial charge >= 0.3 is 5.69 Å². The average Bonchev–Trinajstić information content (AvgIpc) is 2.69. The molecule has 0 aliphatic rings. The third-order valence-electron chi connectivity index (χ3n) is 4.83. The van der Waals surface area contributed by atoms with E-state index < -0.39 is 5.69 Å². The van der Waals surface area contributed by atoms with Crippen LogP contribution in [-0.2, 0) is 18.1 Å². The Morgan fingerprint density at radius 1 is 1.07 bits per heavy atom. The second-order valence-corrected chi connectivity index (χ2v) is 7.41. The fourth-order valence-corrected chi connectivity index (χ4v) is 3.29. The fraction of sp³-hybridized carbons (Fsp3) is 0.250. The Morgan fingerprint density at radius 3 is 2.34 bits per heavy atom. The van der Waals surface area contributed by atoms with Crippen LogP contribution in [0.3, 0.4) is 0 Å². The van der Waals surface area contributed by atoms with Crippen molar-refractivity contribution in [3.05, 3.63) is 110 Å². The van der Waals surface area contributed by atoms with Crippen LogP contribution in [0.25, 0.3) is 5.57 Å². The van der Waals surface area contributed by atoms with Gasteiger partial charge in [-0.25, -0.2) is 4.79 Å². The van der Waals surface area contributed by atoms with Crippen LogP contribution in [0.5, 0.6) is 0 Å². The van der Waals surface area contributed by atoms with E-state index in [1.54, 1.807) is 0 Å². The molecule has 0 unspecified atom stereocenters. The first-order valence-corrected chi connectivity index (χ1v) is 9.63. The topological polar surface area (TPSA) is 64.1 Å². The Labute approximate surface area is 170 Å². The Bertz CT molecular complexity index is 1110. The molecule has 3 rings (SSSR count). The third-order valence-corrected chi connectivity index (χ3v) is 4.83. The highest BCUT2D eigenvalue weighted by Gasteiger charge is 2.20. The Balaban J connectivity index is 2.03. The second kappa shape index (κ2) is 8.88. The lowest BCUT2D eigenvalue weighted by Gasteiger charge is -2.20. The summed E-state index contributed by atoms with van der Waals surface area (Å²) in [5, 5.41) is 0. The minimum atomic E-state index is -0.504. The highest BCUT2D eigenvalue weighted by molar-refractivity contribution is 5.78. The second-order valence-electron chi connectivity index (χ2n) is 7.41. The molecule has 2 aromatic carbocycles. The van der Waals surface area contributed by atoms with Gasteiger partial charge in [-0.15, -0.1) is 0 Å². The number of nitrogens with one attached hydrogen (secondary N) is 1. The summed E-state index contributed by atoms with van der Waals surface area (Å²) >= 11 is 0. The lowest BCUT2D eigenvalue weighted by atomic mass is 9.94. The number of hydrogen-bond acceptors (Lipinski definition) is 3. The number of ether oxygens (including phenoxy) is 1. The largest absolute Gasteiger partial charge is 0.356 e. The number of benzene rings is 2. The molecule has 0 bridgehead atoms. The molecule has 150 valence electrons. The summed E-state index contributed by atoms with van der Waals surface area (Å²) in [5.74, 6) is -0.0862. The summed E-state index contributed by atoms with van der Waals surface area (Å²) < 4.78 is 7.27. The molecule has 3 aromatic rings. The zero-order valence-corrected chi connectivity index (χ0v) is 17.1. The zero-order valence-electron chi connectivity index (χ0n) is 17.1. The van der Waals surface area contributed by atoms with Crippen molar-refractivity contribution in [2.75, 3.05) is 0 Å². The van der Waals surface area contributed by atoms with Crippen molar-refractivity contribution in [1.29, 1.82) is 0 Å². The molecule has 0 saturated carbocycles. The van der Waals surface area contributed by atoms with Gasteiger partial charge in [0.1, 0.15) is 6.73 Å². The first-order valence-electron chi connectivity index (χ1n) is 9.63. The number of rotatable bonds is 7. The van der Waals surface area contributed by atoms with E-state index in [9.17, 15) is 9.59 Å². The van der Waals surface area contributed by atoms with Crippen LogP contribution in [0.2, 0.25) is 0 Å². The molecule has 0 aliphatic heterocycles. The van der Waals surface area contributed by atoms with Gasteiger partial charge in [-0.3, -0.25) is 14.3 Å². The molecule has 0 radical (unpaired) electrons. The summed E-state index contributed by atoms with van der Waals surface area (Å²) in [5.41, 5.74) is 3.78. The van der Waals surface area contributed by atoms with Gasteiger partial charge in [0.15, 0.2) is 0 Å². The van der Waals surface area contributed by atoms with Crippen LogP contribution in [-0.4, -0.2) is 9.55 Å². The number of aryl methyl sites for hydroxylation is 1. The minimum absolute atomic E-state index is 0.0183. The fourth-order valence-electron chi connectivity index (χ4n) is 3.29. The van der Waals surface area contributed by atoms with E-state index in [-0.39, 0.29) is 18.2 Å². The predicted octanol–water partition coefficient (Wildman–Crippen LogP) is 4.20. The van der Waals surface area contributed by atoms with E-state index in [4.69, 9.17) is 4.74 Å². The van der Waals surface area contributed by atoms with Crippen molar-refractivity contribution in [1.82, 2.24) is 9.55 Å². The molecule has 1 aromatic heterocycles. The van der Waals surface area contributed by atoms with Crippen LogP contribution in [0.1, 0.15) is 47.7 Å². The molecule has 0 atom stereocenters. The molecule has 0 saturated heterocycles. The van der Waals surface area contributed by atoms with E-state index >= 15 is 0 Å². The molecule has 0 fully saturated rings. The maximum atomic E-state index is 12.7. The maximum Gasteiger partial charge on any atom is 0.330 e. The Kier molecular flexibility index (Phi) is 6.29. The van der Waals surface area contributed by atoms with Gasteiger partial charge in [-0.05, 0) is 29.5 Å². The summed E-state index contributed by atoms with van der Waals surface area (Å²) in [6, 6.07) is 17.6. The maximum absolute atomic E-state index is 12.7. The van der Waals surface area contributed by atoms with Gasteiger partial charge in [-0.1, -0.05) is 80.6 Å². The van der Waals surface area contributed by atoms with Crippen LogP contribution < -0.4 is 11.2 Å². The highest BCUT2D eigenvalue weighted by atomic mass is 16.5. The van der Waals surface area contributed by atoms with Crippen LogP contribution >= 0.6 is 0 Å². The SMILES string of the molecule is C=C(c1ccc(C)cc1)c1c(C(C)C)c(=O)[nH]c(=O)n1COCc1ccccc1. The molecular weight excluding hydrogens is 364 g/mol. The van der Waals surface area contributed by atoms with Gasteiger partial charge in [0.05, 0.1) is 12.3 Å². The average molecular weight is 390 g/mol. The van der Waals surface area contributed by atoms with E-state index in [2.05, 4.69) is 11.6 Å².